The lowest BCUT2D eigenvalue weighted by molar-refractivity contribution is -0.116. The molecule has 2 heterocycles. The van der Waals surface area contributed by atoms with Gasteiger partial charge in [0.05, 0.1) is 6.61 Å². The molecule has 26 heavy (non-hydrogen) atoms. The maximum absolute atomic E-state index is 12.1. The van der Waals surface area contributed by atoms with Crippen LogP contribution in [0.1, 0.15) is 35.8 Å². The largest absolute Gasteiger partial charge is 0.461 e. The minimum Gasteiger partial charge on any atom is -0.461 e. The number of thiazole rings is 1. The summed E-state index contributed by atoms with van der Waals surface area (Å²) >= 11 is 1.22. The second-order valence-electron chi connectivity index (χ2n) is 5.94. The van der Waals surface area contributed by atoms with Gasteiger partial charge in [0.25, 0.3) is 0 Å². The summed E-state index contributed by atoms with van der Waals surface area (Å²) in [7, 11) is 2.03. The number of benzene rings is 1. The summed E-state index contributed by atoms with van der Waals surface area (Å²) in [6.45, 7) is 2.04. The number of carbonyl (C=O) groups is 2. The first-order valence-electron chi connectivity index (χ1n) is 8.54. The van der Waals surface area contributed by atoms with Crippen LogP contribution in [0.4, 0.5) is 5.13 Å². The maximum atomic E-state index is 12.1. The third kappa shape index (κ3) is 4.11. The normalized spacial score (nSPS) is 10.8. The van der Waals surface area contributed by atoms with E-state index < -0.39 is 5.97 Å². The van der Waals surface area contributed by atoms with Crippen molar-refractivity contribution in [3.8, 4) is 0 Å². The zero-order valence-corrected chi connectivity index (χ0v) is 15.6. The van der Waals surface area contributed by atoms with Crippen molar-refractivity contribution in [2.75, 3.05) is 11.9 Å². The van der Waals surface area contributed by atoms with E-state index in [1.54, 1.807) is 12.3 Å². The summed E-state index contributed by atoms with van der Waals surface area (Å²) in [5.74, 6) is -0.574. The number of amides is 1. The van der Waals surface area contributed by atoms with Crippen molar-refractivity contribution in [1.29, 1.82) is 0 Å². The Morgan fingerprint density at radius 3 is 2.92 bits per heavy atom. The number of nitrogens with one attached hydrogen (secondary N) is 1. The molecule has 0 spiro atoms. The number of para-hydroxylation sites is 1. The second-order valence-corrected chi connectivity index (χ2v) is 6.80. The van der Waals surface area contributed by atoms with Gasteiger partial charge in [-0.05, 0) is 31.4 Å². The molecule has 0 bridgehead atoms. The van der Waals surface area contributed by atoms with Crippen LogP contribution in [0.2, 0.25) is 0 Å². The van der Waals surface area contributed by atoms with Gasteiger partial charge < -0.3 is 14.6 Å². The lowest BCUT2D eigenvalue weighted by Crippen LogP contribution is -2.12. The predicted octanol–water partition coefficient (Wildman–Crippen LogP) is 3.77. The van der Waals surface area contributed by atoms with Crippen LogP contribution in [-0.4, -0.2) is 28.0 Å². The standard InChI is InChI=1S/C19H21N3O3S/c1-3-25-18(24)15-12-26-19(20-15)21-17(23)10-6-7-13-11-22(2)16-9-5-4-8-14(13)16/h4-5,8-9,11-12H,3,6-7,10H2,1-2H3,(H,20,21,23). The SMILES string of the molecule is CCOC(=O)c1csc(NC(=O)CCCc2cn(C)c3ccccc23)n1. The van der Waals surface area contributed by atoms with E-state index >= 15 is 0 Å². The Labute approximate surface area is 155 Å². The summed E-state index contributed by atoms with van der Waals surface area (Å²) in [5, 5.41) is 5.98. The van der Waals surface area contributed by atoms with Crippen molar-refractivity contribution in [1.82, 2.24) is 9.55 Å². The van der Waals surface area contributed by atoms with Crippen molar-refractivity contribution >= 4 is 39.2 Å². The quantitative estimate of drug-likeness (QED) is 0.642. The molecule has 0 radical (unpaired) electrons. The summed E-state index contributed by atoms with van der Waals surface area (Å²) in [5.41, 5.74) is 2.67. The number of anilines is 1. The zero-order chi connectivity index (χ0) is 18.5. The molecule has 1 amide bonds. The Hall–Kier alpha value is -2.67. The molecule has 0 saturated carbocycles. The molecule has 1 aromatic carbocycles. The first-order valence-corrected chi connectivity index (χ1v) is 9.42. The van der Waals surface area contributed by atoms with Crippen LogP contribution in [0, 0.1) is 0 Å². The number of ether oxygens (including phenoxy) is 1. The van der Waals surface area contributed by atoms with Crippen LogP contribution in [0.15, 0.2) is 35.8 Å². The van der Waals surface area contributed by atoms with Gasteiger partial charge in [-0.3, -0.25) is 4.79 Å². The predicted molar refractivity (Wildman–Crippen MR) is 103 cm³/mol. The third-order valence-corrected chi connectivity index (χ3v) is 4.82. The van der Waals surface area contributed by atoms with Crippen LogP contribution in [-0.2, 0) is 23.0 Å². The molecule has 0 aliphatic rings. The summed E-state index contributed by atoms with van der Waals surface area (Å²) in [6, 6.07) is 8.26. The lowest BCUT2D eigenvalue weighted by Gasteiger charge is -2.02. The van der Waals surface area contributed by atoms with Gasteiger partial charge in [-0.25, -0.2) is 9.78 Å². The summed E-state index contributed by atoms with van der Waals surface area (Å²) in [6.07, 6.45) is 4.10. The van der Waals surface area contributed by atoms with Crippen LogP contribution in [0.3, 0.4) is 0 Å². The Kier molecular flexibility index (Phi) is 5.68. The highest BCUT2D eigenvalue weighted by Crippen LogP contribution is 2.22. The molecule has 0 saturated heterocycles. The summed E-state index contributed by atoms with van der Waals surface area (Å²) in [4.78, 5) is 27.8. The van der Waals surface area contributed by atoms with Crippen molar-refractivity contribution in [3.05, 3.63) is 47.1 Å². The fraction of sp³-hybridized carbons (Fsp3) is 0.316. The van der Waals surface area contributed by atoms with Gasteiger partial charge in [0.15, 0.2) is 10.8 Å². The molecule has 7 heteroatoms. The highest BCUT2D eigenvalue weighted by atomic mass is 32.1. The molecular formula is C19H21N3O3S. The molecule has 0 aliphatic carbocycles. The number of esters is 1. The van der Waals surface area contributed by atoms with Gasteiger partial charge in [-0.15, -0.1) is 11.3 Å². The fourth-order valence-corrected chi connectivity index (χ4v) is 3.57. The Morgan fingerprint density at radius 2 is 2.12 bits per heavy atom. The average Bonchev–Trinajstić information content (AvgIpc) is 3.21. The van der Waals surface area contributed by atoms with E-state index in [0.29, 0.717) is 18.2 Å². The molecule has 6 nitrogen and oxygen atoms in total. The lowest BCUT2D eigenvalue weighted by atomic mass is 10.1. The smallest absolute Gasteiger partial charge is 0.357 e. The Morgan fingerprint density at radius 1 is 1.31 bits per heavy atom. The van der Waals surface area contributed by atoms with Gasteiger partial charge in [0, 0.05) is 35.9 Å². The first kappa shape index (κ1) is 18.1. The van der Waals surface area contributed by atoms with Crippen molar-refractivity contribution in [2.45, 2.75) is 26.2 Å². The molecule has 3 rings (SSSR count). The monoisotopic (exact) mass is 371 g/mol. The number of hydrogen-bond donors (Lipinski definition) is 1. The van der Waals surface area contributed by atoms with Crippen molar-refractivity contribution in [3.63, 3.8) is 0 Å². The molecule has 0 unspecified atom stereocenters. The molecular weight excluding hydrogens is 350 g/mol. The van der Waals surface area contributed by atoms with E-state index in [-0.39, 0.29) is 11.6 Å². The van der Waals surface area contributed by atoms with E-state index in [2.05, 4.69) is 33.2 Å². The number of aryl methyl sites for hydroxylation is 2. The Balaban J connectivity index is 1.52. The van der Waals surface area contributed by atoms with Crippen LogP contribution >= 0.6 is 11.3 Å². The van der Waals surface area contributed by atoms with Gasteiger partial charge in [0.2, 0.25) is 5.91 Å². The minimum absolute atomic E-state index is 0.102. The molecule has 1 N–H and O–H groups in total. The van der Waals surface area contributed by atoms with Gasteiger partial charge >= 0.3 is 5.97 Å². The van der Waals surface area contributed by atoms with E-state index in [1.807, 2.05) is 19.2 Å². The number of carbonyl (C=O) groups excluding carboxylic acids is 2. The number of nitrogens with zero attached hydrogens (tertiary/aromatic N) is 2. The van der Waals surface area contributed by atoms with Gasteiger partial charge in [0.1, 0.15) is 0 Å². The maximum Gasteiger partial charge on any atom is 0.357 e. The molecule has 3 aromatic rings. The second kappa shape index (κ2) is 8.14. The fourth-order valence-electron chi connectivity index (χ4n) is 2.88. The van der Waals surface area contributed by atoms with E-state index in [1.165, 1.54) is 27.8 Å². The third-order valence-electron chi connectivity index (χ3n) is 4.06. The average molecular weight is 371 g/mol. The molecule has 136 valence electrons. The van der Waals surface area contributed by atoms with Crippen LogP contribution in [0.5, 0.6) is 0 Å². The van der Waals surface area contributed by atoms with E-state index in [9.17, 15) is 9.59 Å². The van der Waals surface area contributed by atoms with E-state index in [4.69, 9.17) is 4.74 Å². The van der Waals surface area contributed by atoms with E-state index in [0.717, 1.165) is 12.8 Å². The minimum atomic E-state index is -0.472. The zero-order valence-electron chi connectivity index (χ0n) is 14.8. The van der Waals surface area contributed by atoms with Crippen LogP contribution in [0.25, 0.3) is 10.9 Å². The first-order chi connectivity index (χ1) is 12.6. The van der Waals surface area contributed by atoms with Gasteiger partial charge in [-0.1, -0.05) is 18.2 Å². The Bertz CT molecular complexity index is 929. The molecule has 0 atom stereocenters. The van der Waals surface area contributed by atoms with Crippen molar-refractivity contribution in [2.24, 2.45) is 7.05 Å². The molecule has 0 aliphatic heterocycles. The number of rotatable bonds is 7. The molecule has 2 aromatic heterocycles. The van der Waals surface area contributed by atoms with Crippen LogP contribution < -0.4 is 5.32 Å². The topological polar surface area (TPSA) is 73.2 Å². The molecule has 0 fully saturated rings. The van der Waals surface area contributed by atoms with Gasteiger partial charge in [-0.2, -0.15) is 0 Å². The summed E-state index contributed by atoms with van der Waals surface area (Å²) < 4.78 is 7.00. The van der Waals surface area contributed by atoms with Crippen molar-refractivity contribution < 1.29 is 14.3 Å². The highest BCUT2D eigenvalue weighted by Gasteiger charge is 2.13. The highest BCUT2D eigenvalue weighted by molar-refractivity contribution is 7.14. The number of hydrogen-bond acceptors (Lipinski definition) is 5. The number of fused-ring (bicyclic) bond motifs is 1. The number of aromatic nitrogens is 2.